The molecule has 2 rings (SSSR count). The number of benzene rings is 1. The molecule has 0 spiro atoms. The van der Waals surface area contributed by atoms with Crippen LogP contribution in [0.1, 0.15) is 17.1 Å². The van der Waals surface area contributed by atoms with E-state index in [1.54, 1.807) is 24.3 Å². The van der Waals surface area contributed by atoms with Crippen LogP contribution in [0.5, 0.6) is 0 Å². The van der Waals surface area contributed by atoms with Crippen molar-refractivity contribution in [3.63, 3.8) is 0 Å². The Kier molecular flexibility index (Phi) is 4.54. The number of anilines is 2. The molecule has 1 aromatic carbocycles. The summed E-state index contributed by atoms with van der Waals surface area (Å²) in [5.74, 6) is 1.24. The van der Waals surface area contributed by atoms with Gasteiger partial charge in [-0.3, -0.25) is 4.72 Å². The van der Waals surface area contributed by atoms with Crippen LogP contribution in [0.25, 0.3) is 0 Å². The number of furan rings is 1. The molecule has 0 bridgehead atoms. The lowest BCUT2D eigenvalue weighted by Crippen LogP contribution is -2.10. The maximum atomic E-state index is 11.2. The van der Waals surface area contributed by atoms with Crippen molar-refractivity contribution in [3.8, 4) is 0 Å². The van der Waals surface area contributed by atoms with Crippen molar-refractivity contribution >= 4 is 21.4 Å². The van der Waals surface area contributed by atoms with E-state index in [9.17, 15) is 8.42 Å². The van der Waals surface area contributed by atoms with Crippen molar-refractivity contribution in [3.05, 3.63) is 47.4 Å². The van der Waals surface area contributed by atoms with Crippen molar-refractivity contribution in [2.75, 3.05) is 16.3 Å². The second kappa shape index (κ2) is 6.19. The molecule has 0 aliphatic rings. The van der Waals surface area contributed by atoms with Crippen LogP contribution >= 0.6 is 0 Å². The van der Waals surface area contributed by atoms with E-state index < -0.39 is 10.0 Å². The van der Waals surface area contributed by atoms with Gasteiger partial charge >= 0.3 is 0 Å². The summed E-state index contributed by atoms with van der Waals surface area (Å²) in [6.45, 7) is 2.19. The third-order valence-electron chi connectivity index (χ3n) is 2.86. The molecule has 3 N–H and O–H groups in total. The maximum Gasteiger partial charge on any atom is 0.229 e. The fourth-order valence-electron chi connectivity index (χ4n) is 1.88. The smallest absolute Gasteiger partial charge is 0.229 e. The van der Waals surface area contributed by atoms with E-state index in [0.717, 1.165) is 23.3 Å². The van der Waals surface area contributed by atoms with Gasteiger partial charge in [0.15, 0.2) is 0 Å². The van der Waals surface area contributed by atoms with Gasteiger partial charge in [-0.25, -0.2) is 8.42 Å². The standard InChI is InChI=1S/C14H18N2O4S/c1-10-7-11(3-6-14(10)16-21(2,18)19)15-8-12-4-5-13(9-17)20-12/h3-7,15-17H,8-9H2,1-2H3. The number of aliphatic hydroxyl groups excluding tert-OH is 1. The highest BCUT2D eigenvalue weighted by atomic mass is 32.2. The molecule has 0 amide bonds. The zero-order valence-electron chi connectivity index (χ0n) is 11.9. The van der Waals surface area contributed by atoms with Crippen LogP contribution in [0, 0.1) is 6.92 Å². The van der Waals surface area contributed by atoms with Crippen LogP contribution in [0.4, 0.5) is 11.4 Å². The summed E-state index contributed by atoms with van der Waals surface area (Å²) >= 11 is 0. The summed E-state index contributed by atoms with van der Waals surface area (Å²) in [6.07, 6.45) is 1.12. The molecule has 6 nitrogen and oxygen atoms in total. The molecular formula is C14H18N2O4S. The monoisotopic (exact) mass is 310 g/mol. The molecular weight excluding hydrogens is 292 g/mol. The molecule has 0 aliphatic heterocycles. The summed E-state index contributed by atoms with van der Waals surface area (Å²) < 4.78 is 30.3. The van der Waals surface area contributed by atoms with E-state index >= 15 is 0 Å². The van der Waals surface area contributed by atoms with E-state index in [4.69, 9.17) is 9.52 Å². The molecule has 1 heterocycles. The zero-order chi connectivity index (χ0) is 15.5. The lowest BCUT2D eigenvalue weighted by Gasteiger charge is -2.10. The van der Waals surface area contributed by atoms with Crippen molar-refractivity contribution in [2.24, 2.45) is 0 Å². The van der Waals surface area contributed by atoms with Crippen LogP contribution in [0.3, 0.4) is 0 Å². The molecule has 0 atom stereocenters. The Hall–Kier alpha value is -1.99. The highest BCUT2D eigenvalue weighted by Crippen LogP contribution is 2.21. The summed E-state index contributed by atoms with van der Waals surface area (Å²) in [7, 11) is -3.28. The Bertz CT molecular complexity index is 722. The van der Waals surface area contributed by atoms with Gasteiger partial charge in [0.05, 0.1) is 18.5 Å². The van der Waals surface area contributed by atoms with E-state index in [1.807, 2.05) is 13.0 Å². The van der Waals surface area contributed by atoms with Crippen molar-refractivity contribution in [2.45, 2.75) is 20.1 Å². The molecule has 114 valence electrons. The maximum absolute atomic E-state index is 11.2. The van der Waals surface area contributed by atoms with Crippen LogP contribution in [-0.2, 0) is 23.2 Å². The first-order valence-corrected chi connectivity index (χ1v) is 8.27. The van der Waals surface area contributed by atoms with Crippen LogP contribution in [-0.4, -0.2) is 19.8 Å². The van der Waals surface area contributed by atoms with Crippen LogP contribution in [0.2, 0.25) is 0 Å². The normalized spacial score (nSPS) is 11.4. The lowest BCUT2D eigenvalue weighted by molar-refractivity contribution is 0.244. The SMILES string of the molecule is Cc1cc(NCc2ccc(CO)o2)ccc1NS(C)(=O)=O. The lowest BCUT2D eigenvalue weighted by atomic mass is 10.2. The van der Waals surface area contributed by atoms with Crippen molar-refractivity contribution in [1.82, 2.24) is 0 Å². The summed E-state index contributed by atoms with van der Waals surface area (Å²) in [5, 5.41) is 12.1. The fraction of sp³-hybridized carbons (Fsp3) is 0.286. The van der Waals surface area contributed by atoms with E-state index in [1.165, 1.54) is 0 Å². The molecule has 21 heavy (non-hydrogen) atoms. The number of aryl methyl sites for hydroxylation is 1. The summed E-state index contributed by atoms with van der Waals surface area (Å²) in [6, 6.07) is 8.87. The minimum Gasteiger partial charge on any atom is -0.462 e. The molecule has 0 radical (unpaired) electrons. The van der Waals surface area contributed by atoms with E-state index in [-0.39, 0.29) is 6.61 Å². The first kappa shape index (κ1) is 15.4. The first-order chi connectivity index (χ1) is 9.87. The molecule has 0 saturated carbocycles. The second-order valence-corrected chi connectivity index (χ2v) is 6.53. The van der Waals surface area contributed by atoms with E-state index in [2.05, 4.69) is 10.0 Å². The van der Waals surface area contributed by atoms with Crippen LogP contribution < -0.4 is 10.0 Å². The van der Waals surface area contributed by atoms with Gasteiger partial charge < -0.3 is 14.8 Å². The Balaban J connectivity index is 2.03. The highest BCUT2D eigenvalue weighted by molar-refractivity contribution is 7.92. The van der Waals surface area contributed by atoms with Gasteiger partial charge in [0.25, 0.3) is 0 Å². The number of aliphatic hydroxyl groups is 1. The minimum atomic E-state index is -3.28. The Morgan fingerprint density at radius 2 is 1.90 bits per heavy atom. The minimum absolute atomic E-state index is 0.120. The van der Waals surface area contributed by atoms with E-state index in [0.29, 0.717) is 18.0 Å². The predicted molar refractivity (Wildman–Crippen MR) is 81.6 cm³/mol. The predicted octanol–water partition coefficient (Wildman–Crippen LogP) is 2.06. The quantitative estimate of drug-likeness (QED) is 0.759. The molecule has 1 aromatic heterocycles. The fourth-order valence-corrected chi connectivity index (χ4v) is 2.51. The number of nitrogens with one attached hydrogen (secondary N) is 2. The number of hydrogen-bond donors (Lipinski definition) is 3. The molecule has 7 heteroatoms. The second-order valence-electron chi connectivity index (χ2n) is 4.78. The summed E-state index contributed by atoms with van der Waals surface area (Å²) in [4.78, 5) is 0. The van der Waals surface area contributed by atoms with Crippen LogP contribution in [0.15, 0.2) is 34.7 Å². The molecule has 0 aliphatic carbocycles. The van der Waals surface area contributed by atoms with Crippen molar-refractivity contribution in [1.29, 1.82) is 0 Å². The summed E-state index contributed by atoms with van der Waals surface area (Å²) in [5.41, 5.74) is 2.23. The number of rotatable bonds is 6. The van der Waals surface area contributed by atoms with Gasteiger partial charge in [-0.15, -0.1) is 0 Å². The molecule has 0 saturated heterocycles. The van der Waals surface area contributed by atoms with Gasteiger partial charge in [0.1, 0.15) is 18.1 Å². The molecule has 0 fully saturated rings. The number of sulfonamides is 1. The third-order valence-corrected chi connectivity index (χ3v) is 3.45. The topological polar surface area (TPSA) is 91.6 Å². The van der Waals surface area contributed by atoms with Gasteiger partial charge in [-0.05, 0) is 42.8 Å². The third kappa shape index (κ3) is 4.51. The Morgan fingerprint density at radius 3 is 2.48 bits per heavy atom. The Labute approximate surface area is 123 Å². The van der Waals surface area contributed by atoms with Gasteiger partial charge in [-0.2, -0.15) is 0 Å². The van der Waals surface area contributed by atoms with Gasteiger partial charge in [-0.1, -0.05) is 0 Å². The highest BCUT2D eigenvalue weighted by Gasteiger charge is 2.06. The van der Waals surface area contributed by atoms with Gasteiger partial charge in [0, 0.05) is 5.69 Å². The molecule has 2 aromatic rings. The molecule has 0 unspecified atom stereocenters. The van der Waals surface area contributed by atoms with Crippen molar-refractivity contribution < 1.29 is 17.9 Å². The van der Waals surface area contributed by atoms with Gasteiger partial charge in [0.2, 0.25) is 10.0 Å². The average molecular weight is 310 g/mol. The zero-order valence-corrected chi connectivity index (χ0v) is 12.7. The Morgan fingerprint density at radius 1 is 1.19 bits per heavy atom. The first-order valence-electron chi connectivity index (χ1n) is 6.38. The largest absolute Gasteiger partial charge is 0.462 e. The average Bonchev–Trinajstić information content (AvgIpc) is 2.86. The number of hydrogen-bond acceptors (Lipinski definition) is 5.